The minimum absolute atomic E-state index is 0.436. The molecule has 0 heterocycles. The molecule has 0 radical (unpaired) electrons. The summed E-state index contributed by atoms with van der Waals surface area (Å²) in [7, 11) is 3.67. The Bertz CT molecular complexity index is 374. The second-order valence-electron chi connectivity index (χ2n) is 4.24. The predicted octanol–water partition coefficient (Wildman–Crippen LogP) is 3.00. The third-order valence-electron chi connectivity index (χ3n) is 2.80. The zero-order chi connectivity index (χ0) is 13.5. The first kappa shape index (κ1) is 15.7. The Morgan fingerprint density at radius 3 is 2.72 bits per heavy atom. The van der Waals surface area contributed by atoms with Crippen LogP contribution in [0.5, 0.6) is 0 Å². The Kier molecular flexibility index (Phi) is 6.97. The molecule has 3 nitrogen and oxygen atoms in total. The van der Waals surface area contributed by atoms with Gasteiger partial charge < -0.3 is 14.7 Å². The zero-order valence-electron chi connectivity index (χ0n) is 10.7. The van der Waals surface area contributed by atoms with E-state index >= 15 is 0 Å². The normalized spacial score (nSPS) is 13.0. The maximum Gasteiger partial charge on any atom is 0.0817 e. The Balaban J connectivity index is 2.50. The van der Waals surface area contributed by atoms with Gasteiger partial charge in [0.25, 0.3) is 0 Å². The van der Waals surface area contributed by atoms with Gasteiger partial charge >= 0.3 is 0 Å². The second kappa shape index (κ2) is 7.97. The summed E-state index contributed by atoms with van der Waals surface area (Å²) < 4.78 is 5.00. The highest BCUT2D eigenvalue weighted by atomic mass is 35.5. The standard InChI is InChI=1S/C13H19Cl2NO2/c1-16(8-9-18-2)7-6-12(17)10-4-3-5-11(14)13(10)15/h3-5,12,17H,6-9H2,1-2H3. The molecule has 1 aromatic rings. The Morgan fingerprint density at radius 2 is 2.06 bits per heavy atom. The molecule has 0 saturated heterocycles. The molecule has 0 aliphatic carbocycles. The number of halogens is 2. The van der Waals surface area contributed by atoms with Gasteiger partial charge in [-0.1, -0.05) is 35.3 Å². The molecule has 1 aromatic carbocycles. The van der Waals surface area contributed by atoms with Crippen LogP contribution in [0.4, 0.5) is 0 Å². The first-order valence-corrected chi connectivity index (χ1v) is 6.61. The number of benzene rings is 1. The summed E-state index contributed by atoms with van der Waals surface area (Å²) in [6.07, 6.45) is 0.0153. The number of aliphatic hydroxyl groups is 1. The van der Waals surface area contributed by atoms with E-state index < -0.39 is 6.10 Å². The SMILES string of the molecule is COCCN(C)CCC(O)c1cccc(Cl)c1Cl. The molecule has 0 saturated carbocycles. The topological polar surface area (TPSA) is 32.7 Å². The van der Waals surface area contributed by atoms with E-state index in [9.17, 15) is 5.11 Å². The zero-order valence-corrected chi connectivity index (χ0v) is 12.2. The summed E-state index contributed by atoms with van der Waals surface area (Å²) in [6.45, 7) is 2.30. The third-order valence-corrected chi connectivity index (χ3v) is 3.64. The molecular weight excluding hydrogens is 273 g/mol. The van der Waals surface area contributed by atoms with Crippen molar-refractivity contribution in [2.45, 2.75) is 12.5 Å². The molecule has 1 N–H and O–H groups in total. The molecule has 0 aromatic heterocycles. The van der Waals surface area contributed by atoms with Gasteiger partial charge in [-0.3, -0.25) is 0 Å². The van der Waals surface area contributed by atoms with Crippen molar-refractivity contribution in [2.24, 2.45) is 0 Å². The number of hydrogen-bond acceptors (Lipinski definition) is 3. The summed E-state index contributed by atoms with van der Waals surface area (Å²) in [5, 5.41) is 11.0. The molecule has 0 aliphatic heterocycles. The molecule has 0 bridgehead atoms. The van der Waals surface area contributed by atoms with E-state index in [-0.39, 0.29) is 0 Å². The van der Waals surface area contributed by atoms with Gasteiger partial charge in [-0.2, -0.15) is 0 Å². The van der Waals surface area contributed by atoms with Crippen molar-refractivity contribution in [2.75, 3.05) is 33.9 Å². The molecule has 18 heavy (non-hydrogen) atoms. The highest BCUT2D eigenvalue weighted by Crippen LogP contribution is 2.31. The summed E-state index contributed by atoms with van der Waals surface area (Å²) in [5.41, 5.74) is 0.685. The highest BCUT2D eigenvalue weighted by Gasteiger charge is 2.14. The minimum atomic E-state index is -0.596. The number of nitrogens with zero attached hydrogens (tertiary/aromatic N) is 1. The molecule has 1 atom stereocenters. The lowest BCUT2D eigenvalue weighted by atomic mass is 10.1. The lowest BCUT2D eigenvalue weighted by molar-refractivity contribution is 0.129. The third kappa shape index (κ3) is 4.75. The summed E-state index contributed by atoms with van der Waals surface area (Å²) >= 11 is 12.0. The van der Waals surface area contributed by atoms with Crippen LogP contribution in [-0.2, 0) is 4.74 Å². The first-order chi connectivity index (χ1) is 8.56. The Morgan fingerprint density at radius 1 is 1.33 bits per heavy atom. The van der Waals surface area contributed by atoms with Gasteiger partial charge in [-0.05, 0) is 19.5 Å². The second-order valence-corrected chi connectivity index (χ2v) is 5.03. The molecule has 1 unspecified atom stereocenters. The van der Waals surface area contributed by atoms with Gasteiger partial charge in [-0.15, -0.1) is 0 Å². The van der Waals surface area contributed by atoms with Crippen LogP contribution in [0.2, 0.25) is 10.0 Å². The van der Waals surface area contributed by atoms with Crippen LogP contribution in [0.1, 0.15) is 18.1 Å². The number of hydrogen-bond donors (Lipinski definition) is 1. The van der Waals surface area contributed by atoms with E-state index in [1.807, 2.05) is 7.05 Å². The average Bonchev–Trinajstić information content (AvgIpc) is 2.36. The largest absolute Gasteiger partial charge is 0.388 e. The quantitative estimate of drug-likeness (QED) is 0.838. The average molecular weight is 292 g/mol. The van der Waals surface area contributed by atoms with Gasteiger partial charge in [-0.25, -0.2) is 0 Å². The fourth-order valence-corrected chi connectivity index (χ4v) is 2.07. The molecule has 102 valence electrons. The molecule has 0 aliphatic rings. The van der Waals surface area contributed by atoms with Gasteiger partial charge in [0.15, 0.2) is 0 Å². The monoisotopic (exact) mass is 291 g/mol. The predicted molar refractivity (Wildman–Crippen MR) is 75.4 cm³/mol. The van der Waals surface area contributed by atoms with Gasteiger partial charge in [0.05, 0.1) is 22.8 Å². The van der Waals surface area contributed by atoms with E-state index in [1.165, 1.54) is 0 Å². The van der Waals surface area contributed by atoms with Crippen molar-refractivity contribution < 1.29 is 9.84 Å². The van der Waals surface area contributed by atoms with E-state index in [0.717, 1.165) is 13.1 Å². The van der Waals surface area contributed by atoms with Crippen molar-refractivity contribution in [1.29, 1.82) is 0 Å². The van der Waals surface area contributed by atoms with Crippen LogP contribution in [-0.4, -0.2) is 43.9 Å². The minimum Gasteiger partial charge on any atom is -0.388 e. The van der Waals surface area contributed by atoms with Crippen LogP contribution in [0.3, 0.4) is 0 Å². The molecule has 0 spiro atoms. The molecule has 5 heteroatoms. The molecule has 0 amide bonds. The van der Waals surface area contributed by atoms with Crippen molar-refractivity contribution in [3.8, 4) is 0 Å². The molecule has 0 fully saturated rings. The Labute approximate surface area is 118 Å². The van der Waals surface area contributed by atoms with Crippen LogP contribution in [0.15, 0.2) is 18.2 Å². The van der Waals surface area contributed by atoms with Gasteiger partial charge in [0.1, 0.15) is 0 Å². The van der Waals surface area contributed by atoms with Crippen LogP contribution in [0.25, 0.3) is 0 Å². The number of likely N-dealkylation sites (N-methyl/N-ethyl adjacent to an activating group) is 1. The smallest absolute Gasteiger partial charge is 0.0817 e. The van der Waals surface area contributed by atoms with Crippen LogP contribution < -0.4 is 0 Å². The first-order valence-electron chi connectivity index (χ1n) is 5.85. The summed E-state index contributed by atoms with van der Waals surface area (Å²) in [5.74, 6) is 0. The molecule has 1 rings (SSSR count). The number of ether oxygens (including phenoxy) is 1. The lowest BCUT2D eigenvalue weighted by Gasteiger charge is -2.19. The maximum absolute atomic E-state index is 10.1. The van der Waals surface area contributed by atoms with Crippen molar-refractivity contribution >= 4 is 23.2 Å². The van der Waals surface area contributed by atoms with E-state index in [4.69, 9.17) is 27.9 Å². The molecular formula is C13H19Cl2NO2. The number of aliphatic hydroxyl groups excluding tert-OH is 1. The Hall–Kier alpha value is -0.320. The van der Waals surface area contributed by atoms with E-state index in [1.54, 1.807) is 25.3 Å². The lowest BCUT2D eigenvalue weighted by Crippen LogP contribution is -2.25. The number of methoxy groups -OCH3 is 1. The highest BCUT2D eigenvalue weighted by molar-refractivity contribution is 6.42. The fourth-order valence-electron chi connectivity index (χ4n) is 1.63. The van der Waals surface area contributed by atoms with E-state index in [0.29, 0.717) is 28.6 Å². The van der Waals surface area contributed by atoms with Crippen molar-refractivity contribution in [3.05, 3.63) is 33.8 Å². The van der Waals surface area contributed by atoms with E-state index in [2.05, 4.69) is 4.90 Å². The fraction of sp³-hybridized carbons (Fsp3) is 0.538. The van der Waals surface area contributed by atoms with Gasteiger partial charge in [0.2, 0.25) is 0 Å². The van der Waals surface area contributed by atoms with Gasteiger partial charge in [0, 0.05) is 25.8 Å². The summed E-state index contributed by atoms with van der Waals surface area (Å²) in [4.78, 5) is 2.10. The maximum atomic E-state index is 10.1. The number of rotatable bonds is 7. The van der Waals surface area contributed by atoms with Crippen LogP contribution in [0, 0.1) is 0 Å². The van der Waals surface area contributed by atoms with Crippen LogP contribution >= 0.6 is 23.2 Å². The summed E-state index contributed by atoms with van der Waals surface area (Å²) in [6, 6.07) is 5.31. The van der Waals surface area contributed by atoms with Crippen molar-refractivity contribution in [1.82, 2.24) is 4.90 Å². The van der Waals surface area contributed by atoms with Crippen molar-refractivity contribution in [3.63, 3.8) is 0 Å².